The van der Waals surface area contributed by atoms with Crippen molar-refractivity contribution in [3.05, 3.63) is 17.0 Å². The zero-order chi connectivity index (χ0) is 15.0. The Balaban J connectivity index is 2.13. The Morgan fingerprint density at radius 1 is 1.25 bits per heavy atom. The number of esters is 1. The Hall–Kier alpha value is -1.85. The molecular formula is C14H23N3O3. The van der Waals surface area contributed by atoms with E-state index in [4.69, 9.17) is 0 Å². The Morgan fingerprint density at radius 3 is 2.60 bits per heavy atom. The SMILES string of the molecule is COC(=O)CCCCCNC(=O)Cc1c(C)n[nH]c1C. The van der Waals surface area contributed by atoms with Crippen LogP contribution in [0.2, 0.25) is 0 Å². The number of methoxy groups -OCH3 is 1. The number of carbonyl (C=O) groups is 2. The van der Waals surface area contributed by atoms with Crippen LogP contribution in [0.15, 0.2) is 0 Å². The molecule has 0 aliphatic rings. The number of unbranched alkanes of at least 4 members (excludes halogenated alkanes) is 2. The van der Waals surface area contributed by atoms with Crippen LogP contribution in [0.4, 0.5) is 0 Å². The van der Waals surface area contributed by atoms with E-state index >= 15 is 0 Å². The van der Waals surface area contributed by atoms with Gasteiger partial charge in [-0.15, -0.1) is 0 Å². The van der Waals surface area contributed by atoms with Crippen LogP contribution < -0.4 is 5.32 Å². The molecule has 1 aromatic heterocycles. The van der Waals surface area contributed by atoms with E-state index in [1.54, 1.807) is 0 Å². The molecule has 0 bridgehead atoms. The van der Waals surface area contributed by atoms with Gasteiger partial charge in [0.15, 0.2) is 0 Å². The van der Waals surface area contributed by atoms with Crippen molar-refractivity contribution in [2.45, 2.75) is 46.0 Å². The van der Waals surface area contributed by atoms with Crippen molar-refractivity contribution in [1.29, 1.82) is 0 Å². The largest absolute Gasteiger partial charge is 0.469 e. The molecule has 6 heteroatoms. The lowest BCUT2D eigenvalue weighted by atomic mass is 10.1. The molecule has 0 radical (unpaired) electrons. The lowest BCUT2D eigenvalue weighted by Gasteiger charge is -2.05. The first kappa shape index (κ1) is 16.2. The van der Waals surface area contributed by atoms with Crippen LogP contribution in [0.25, 0.3) is 0 Å². The number of aryl methyl sites for hydroxylation is 2. The van der Waals surface area contributed by atoms with E-state index in [-0.39, 0.29) is 11.9 Å². The number of ether oxygens (including phenoxy) is 1. The van der Waals surface area contributed by atoms with Crippen LogP contribution in [0, 0.1) is 13.8 Å². The first-order chi connectivity index (χ1) is 9.54. The molecule has 0 spiro atoms. The van der Waals surface area contributed by atoms with Gasteiger partial charge in [-0.05, 0) is 26.7 Å². The fourth-order valence-electron chi connectivity index (χ4n) is 1.96. The predicted octanol–water partition coefficient (Wildman–Crippen LogP) is 1.42. The van der Waals surface area contributed by atoms with Crippen LogP contribution >= 0.6 is 0 Å². The van der Waals surface area contributed by atoms with Crippen molar-refractivity contribution < 1.29 is 14.3 Å². The second-order valence-electron chi connectivity index (χ2n) is 4.83. The van der Waals surface area contributed by atoms with E-state index < -0.39 is 0 Å². The van der Waals surface area contributed by atoms with Gasteiger partial charge in [-0.3, -0.25) is 14.7 Å². The summed E-state index contributed by atoms with van der Waals surface area (Å²) in [5.74, 6) is -0.175. The highest BCUT2D eigenvalue weighted by molar-refractivity contribution is 5.79. The van der Waals surface area contributed by atoms with Crippen LogP contribution in [-0.2, 0) is 20.7 Å². The topological polar surface area (TPSA) is 84.1 Å². The van der Waals surface area contributed by atoms with E-state index in [1.165, 1.54) is 7.11 Å². The fraction of sp³-hybridized carbons (Fsp3) is 0.643. The van der Waals surface area contributed by atoms with Gasteiger partial charge in [0.1, 0.15) is 0 Å². The van der Waals surface area contributed by atoms with Crippen molar-refractivity contribution >= 4 is 11.9 Å². The van der Waals surface area contributed by atoms with Crippen molar-refractivity contribution in [3.8, 4) is 0 Å². The highest BCUT2D eigenvalue weighted by Gasteiger charge is 2.10. The number of amides is 1. The maximum absolute atomic E-state index is 11.8. The highest BCUT2D eigenvalue weighted by atomic mass is 16.5. The molecule has 0 atom stereocenters. The van der Waals surface area contributed by atoms with Crippen LogP contribution in [0.3, 0.4) is 0 Å². The molecule has 0 fully saturated rings. The first-order valence-corrected chi connectivity index (χ1v) is 6.88. The predicted molar refractivity (Wildman–Crippen MR) is 75.3 cm³/mol. The summed E-state index contributed by atoms with van der Waals surface area (Å²) in [6.07, 6.45) is 3.36. The van der Waals surface area contributed by atoms with Gasteiger partial charge in [-0.2, -0.15) is 5.10 Å². The third-order valence-corrected chi connectivity index (χ3v) is 3.23. The zero-order valence-corrected chi connectivity index (χ0v) is 12.4. The summed E-state index contributed by atoms with van der Waals surface area (Å²) in [5.41, 5.74) is 2.78. The smallest absolute Gasteiger partial charge is 0.305 e. The monoisotopic (exact) mass is 281 g/mol. The number of nitrogens with zero attached hydrogens (tertiary/aromatic N) is 1. The molecule has 1 heterocycles. The summed E-state index contributed by atoms with van der Waals surface area (Å²) in [6.45, 7) is 4.43. The number of H-pyrrole nitrogens is 1. The molecule has 0 saturated heterocycles. The van der Waals surface area contributed by atoms with Gasteiger partial charge in [0.05, 0.1) is 19.2 Å². The minimum absolute atomic E-state index is 0.00516. The highest BCUT2D eigenvalue weighted by Crippen LogP contribution is 2.09. The van der Waals surface area contributed by atoms with Crippen molar-refractivity contribution in [2.24, 2.45) is 0 Å². The molecule has 0 aromatic carbocycles. The normalized spacial score (nSPS) is 10.3. The summed E-state index contributed by atoms with van der Waals surface area (Å²) in [6, 6.07) is 0. The molecule has 1 amide bonds. The number of nitrogens with one attached hydrogen (secondary N) is 2. The lowest BCUT2D eigenvalue weighted by Crippen LogP contribution is -2.26. The number of rotatable bonds is 8. The molecule has 0 saturated carbocycles. The summed E-state index contributed by atoms with van der Waals surface area (Å²) in [5, 5.41) is 9.82. The summed E-state index contributed by atoms with van der Waals surface area (Å²) in [4.78, 5) is 22.7. The van der Waals surface area contributed by atoms with Crippen molar-refractivity contribution in [1.82, 2.24) is 15.5 Å². The lowest BCUT2D eigenvalue weighted by molar-refractivity contribution is -0.140. The van der Waals surface area contributed by atoms with E-state index in [0.29, 0.717) is 19.4 Å². The average molecular weight is 281 g/mol. The third kappa shape index (κ3) is 5.42. The molecular weight excluding hydrogens is 258 g/mol. The number of aromatic nitrogens is 2. The van der Waals surface area contributed by atoms with Gasteiger partial charge >= 0.3 is 5.97 Å². The molecule has 0 aliphatic heterocycles. The Kier molecular flexibility index (Phi) is 6.76. The fourth-order valence-corrected chi connectivity index (χ4v) is 1.96. The Labute approximate surface area is 119 Å². The molecule has 1 aromatic rings. The average Bonchev–Trinajstić information content (AvgIpc) is 2.74. The third-order valence-electron chi connectivity index (χ3n) is 3.23. The molecule has 6 nitrogen and oxygen atoms in total. The quantitative estimate of drug-likeness (QED) is 0.557. The minimum atomic E-state index is -0.181. The molecule has 0 unspecified atom stereocenters. The zero-order valence-electron chi connectivity index (χ0n) is 12.4. The summed E-state index contributed by atoms with van der Waals surface area (Å²) < 4.78 is 4.56. The Bertz CT molecular complexity index is 435. The summed E-state index contributed by atoms with van der Waals surface area (Å²) >= 11 is 0. The van der Waals surface area contributed by atoms with Gasteiger partial charge in [-0.1, -0.05) is 6.42 Å². The standard InChI is InChI=1S/C14H23N3O3/c1-10-12(11(2)17-16-10)9-13(18)15-8-6-4-5-7-14(19)20-3/h4-9H2,1-3H3,(H,15,18)(H,16,17). The number of hydrogen-bond donors (Lipinski definition) is 2. The number of aromatic amines is 1. The van der Waals surface area contributed by atoms with E-state index in [0.717, 1.165) is 36.2 Å². The Morgan fingerprint density at radius 2 is 2.00 bits per heavy atom. The van der Waals surface area contributed by atoms with Gasteiger partial charge in [0.2, 0.25) is 5.91 Å². The van der Waals surface area contributed by atoms with Gasteiger partial charge in [0, 0.05) is 24.2 Å². The maximum atomic E-state index is 11.8. The minimum Gasteiger partial charge on any atom is -0.469 e. The van der Waals surface area contributed by atoms with E-state index in [1.807, 2.05) is 13.8 Å². The first-order valence-electron chi connectivity index (χ1n) is 6.88. The molecule has 112 valence electrons. The van der Waals surface area contributed by atoms with Gasteiger partial charge in [0.25, 0.3) is 0 Å². The van der Waals surface area contributed by atoms with Gasteiger partial charge < -0.3 is 10.1 Å². The molecule has 2 N–H and O–H groups in total. The van der Waals surface area contributed by atoms with Crippen LogP contribution in [0.1, 0.15) is 42.6 Å². The second-order valence-corrected chi connectivity index (χ2v) is 4.83. The molecule has 20 heavy (non-hydrogen) atoms. The molecule has 0 aliphatic carbocycles. The second kappa shape index (κ2) is 8.35. The van der Waals surface area contributed by atoms with Gasteiger partial charge in [-0.25, -0.2) is 0 Å². The van der Waals surface area contributed by atoms with E-state index in [2.05, 4.69) is 20.3 Å². The number of hydrogen-bond acceptors (Lipinski definition) is 4. The van der Waals surface area contributed by atoms with E-state index in [9.17, 15) is 9.59 Å². The summed E-state index contributed by atoms with van der Waals surface area (Å²) in [7, 11) is 1.39. The maximum Gasteiger partial charge on any atom is 0.305 e. The van der Waals surface area contributed by atoms with Crippen molar-refractivity contribution in [2.75, 3.05) is 13.7 Å². The van der Waals surface area contributed by atoms with Crippen LogP contribution in [-0.4, -0.2) is 35.7 Å². The number of carbonyl (C=O) groups excluding carboxylic acids is 2. The van der Waals surface area contributed by atoms with Crippen LogP contribution in [0.5, 0.6) is 0 Å². The molecule has 1 rings (SSSR count). The van der Waals surface area contributed by atoms with Crippen molar-refractivity contribution in [3.63, 3.8) is 0 Å².